The lowest BCUT2D eigenvalue weighted by molar-refractivity contribution is -0.131. The fraction of sp³-hybridized carbons (Fsp3) is 0.583. The molecule has 0 aliphatic rings. The van der Waals surface area contributed by atoms with E-state index in [2.05, 4.69) is 16.0 Å². The molecule has 0 aliphatic heterocycles. The number of carbonyl (C=O) groups excluding carboxylic acids is 4. The van der Waals surface area contributed by atoms with Gasteiger partial charge in [0.05, 0.1) is 6.04 Å². The van der Waals surface area contributed by atoms with Gasteiger partial charge in [-0.15, -0.1) is 0 Å². The van der Waals surface area contributed by atoms with Gasteiger partial charge in [0.1, 0.15) is 25.0 Å². The number of aldehydes is 1. The SMILES string of the molecule is CC[C@@H](C=O)NC(=O)[C@H](CC(C)C)NC(=O)[C@H](CC(C)C)NC(=O)OCc1ccccc1. The molecule has 8 heteroatoms. The van der Waals surface area contributed by atoms with Gasteiger partial charge in [-0.2, -0.15) is 0 Å². The summed E-state index contributed by atoms with van der Waals surface area (Å²) in [4.78, 5) is 49.0. The molecule has 0 saturated carbocycles. The zero-order valence-electron chi connectivity index (χ0n) is 19.7. The maximum Gasteiger partial charge on any atom is 0.408 e. The van der Waals surface area contributed by atoms with Crippen LogP contribution in [0.4, 0.5) is 4.79 Å². The van der Waals surface area contributed by atoms with Crippen LogP contribution in [0.3, 0.4) is 0 Å². The predicted octanol–water partition coefficient (Wildman–Crippen LogP) is 2.95. The van der Waals surface area contributed by atoms with Crippen LogP contribution in [-0.2, 0) is 25.7 Å². The molecule has 1 rings (SSSR count). The standard InChI is InChI=1S/C24H37N3O5/c1-6-19(14-28)25-22(29)20(12-16(2)3)26-23(30)21(13-17(4)5)27-24(31)32-15-18-10-8-7-9-11-18/h7-11,14,16-17,19-21H,6,12-13,15H2,1-5H3,(H,25,29)(H,26,30)(H,27,31)/t19-,20-,21-/m0/s1. The molecule has 1 aromatic carbocycles. The number of carbonyl (C=O) groups is 4. The number of benzene rings is 1. The van der Waals surface area contributed by atoms with Crippen molar-refractivity contribution in [3.05, 3.63) is 35.9 Å². The van der Waals surface area contributed by atoms with E-state index >= 15 is 0 Å². The zero-order valence-corrected chi connectivity index (χ0v) is 19.7. The van der Waals surface area contributed by atoms with Crippen molar-refractivity contribution in [2.24, 2.45) is 11.8 Å². The summed E-state index contributed by atoms with van der Waals surface area (Å²) >= 11 is 0. The van der Waals surface area contributed by atoms with Gasteiger partial charge in [0.15, 0.2) is 0 Å². The van der Waals surface area contributed by atoms with Gasteiger partial charge in [0.25, 0.3) is 0 Å². The lowest BCUT2D eigenvalue weighted by atomic mass is 10.00. The molecule has 32 heavy (non-hydrogen) atoms. The minimum Gasteiger partial charge on any atom is -0.445 e. The molecule has 0 spiro atoms. The van der Waals surface area contributed by atoms with Gasteiger partial charge in [-0.1, -0.05) is 65.0 Å². The van der Waals surface area contributed by atoms with Crippen LogP contribution >= 0.6 is 0 Å². The number of hydrogen-bond acceptors (Lipinski definition) is 5. The first-order chi connectivity index (χ1) is 15.2. The fourth-order valence-corrected chi connectivity index (χ4v) is 3.10. The lowest BCUT2D eigenvalue weighted by Gasteiger charge is -2.25. The molecule has 0 heterocycles. The lowest BCUT2D eigenvalue weighted by Crippen LogP contribution is -2.55. The van der Waals surface area contributed by atoms with Gasteiger partial charge in [-0.3, -0.25) is 9.59 Å². The topological polar surface area (TPSA) is 114 Å². The Morgan fingerprint density at radius 2 is 1.41 bits per heavy atom. The first-order valence-electron chi connectivity index (χ1n) is 11.2. The zero-order chi connectivity index (χ0) is 24.1. The minimum atomic E-state index is -0.853. The van der Waals surface area contributed by atoms with Crippen molar-refractivity contribution in [3.63, 3.8) is 0 Å². The van der Waals surface area contributed by atoms with Crippen molar-refractivity contribution in [1.29, 1.82) is 0 Å². The van der Waals surface area contributed by atoms with E-state index in [1.54, 1.807) is 6.92 Å². The largest absolute Gasteiger partial charge is 0.445 e. The molecule has 0 fully saturated rings. The second kappa shape index (κ2) is 14.2. The molecule has 0 bridgehead atoms. The van der Waals surface area contributed by atoms with Crippen molar-refractivity contribution in [3.8, 4) is 0 Å². The van der Waals surface area contributed by atoms with Gasteiger partial charge >= 0.3 is 6.09 Å². The number of nitrogens with one attached hydrogen (secondary N) is 3. The Morgan fingerprint density at radius 3 is 1.91 bits per heavy atom. The molecule has 0 aromatic heterocycles. The van der Waals surface area contributed by atoms with Crippen molar-refractivity contribution in [2.75, 3.05) is 0 Å². The van der Waals surface area contributed by atoms with E-state index in [0.29, 0.717) is 25.5 Å². The van der Waals surface area contributed by atoms with Gasteiger partial charge in [0, 0.05) is 0 Å². The summed E-state index contributed by atoms with van der Waals surface area (Å²) in [6.45, 7) is 9.63. The predicted molar refractivity (Wildman–Crippen MR) is 123 cm³/mol. The van der Waals surface area contributed by atoms with Crippen LogP contribution in [-0.4, -0.2) is 42.3 Å². The smallest absolute Gasteiger partial charge is 0.408 e. The van der Waals surface area contributed by atoms with Crippen LogP contribution < -0.4 is 16.0 Å². The molecule has 0 unspecified atom stereocenters. The maximum atomic E-state index is 13.0. The van der Waals surface area contributed by atoms with Gasteiger partial charge in [-0.05, 0) is 36.7 Å². The Kier molecular flexibility index (Phi) is 12.1. The summed E-state index contributed by atoms with van der Waals surface area (Å²) in [5.41, 5.74) is 0.835. The maximum absolute atomic E-state index is 13.0. The number of rotatable bonds is 13. The molecular formula is C24H37N3O5. The minimum absolute atomic E-state index is 0.0885. The highest BCUT2D eigenvalue weighted by molar-refractivity contribution is 5.92. The van der Waals surface area contributed by atoms with E-state index in [1.807, 2.05) is 58.0 Å². The second-order valence-electron chi connectivity index (χ2n) is 8.74. The van der Waals surface area contributed by atoms with Crippen LogP contribution in [0.15, 0.2) is 30.3 Å². The van der Waals surface area contributed by atoms with Crippen molar-refractivity contribution in [1.82, 2.24) is 16.0 Å². The highest BCUT2D eigenvalue weighted by Crippen LogP contribution is 2.10. The molecule has 0 radical (unpaired) electrons. The van der Waals surface area contributed by atoms with Crippen LogP contribution in [0, 0.1) is 11.8 Å². The molecule has 178 valence electrons. The summed E-state index contributed by atoms with van der Waals surface area (Å²) in [5.74, 6) is -0.622. The van der Waals surface area contributed by atoms with Gasteiger partial charge < -0.3 is 25.5 Å². The Hall–Kier alpha value is -2.90. The van der Waals surface area contributed by atoms with Gasteiger partial charge in [-0.25, -0.2) is 4.79 Å². The fourth-order valence-electron chi connectivity index (χ4n) is 3.10. The normalized spacial score (nSPS) is 13.7. The molecule has 1 aromatic rings. The molecule has 0 saturated heterocycles. The van der Waals surface area contributed by atoms with E-state index in [0.717, 1.165) is 5.56 Å². The number of ether oxygens (including phenoxy) is 1. The summed E-state index contributed by atoms with van der Waals surface area (Å²) in [6.07, 6.45) is 1.22. The van der Waals surface area contributed by atoms with Crippen molar-refractivity contribution < 1.29 is 23.9 Å². The Morgan fingerprint density at radius 1 is 0.875 bits per heavy atom. The summed E-state index contributed by atoms with van der Waals surface area (Å²) in [7, 11) is 0. The van der Waals surface area contributed by atoms with E-state index in [1.165, 1.54) is 0 Å². The van der Waals surface area contributed by atoms with Crippen LogP contribution in [0.1, 0.15) is 59.4 Å². The summed E-state index contributed by atoms with van der Waals surface area (Å²) < 4.78 is 5.24. The Balaban J connectivity index is 2.81. The first-order valence-corrected chi connectivity index (χ1v) is 11.2. The third-order valence-electron chi connectivity index (χ3n) is 4.80. The van der Waals surface area contributed by atoms with E-state index in [9.17, 15) is 19.2 Å². The summed E-state index contributed by atoms with van der Waals surface area (Å²) in [5, 5.41) is 8.02. The third kappa shape index (κ3) is 10.4. The number of hydrogen-bond donors (Lipinski definition) is 3. The molecular weight excluding hydrogens is 410 g/mol. The highest BCUT2D eigenvalue weighted by atomic mass is 16.5. The Bertz CT molecular complexity index is 736. The average molecular weight is 448 g/mol. The quantitative estimate of drug-likeness (QED) is 0.402. The van der Waals surface area contributed by atoms with Crippen molar-refractivity contribution >= 4 is 24.2 Å². The van der Waals surface area contributed by atoms with Crippen LogP contribution in [0.25, 0.3) is 0 Å². The average Bonchev–Trinajstić information content (AvgIpc) is 2.75. The first kappa shape index (κ1) is 27.1. The monoisotopic (exact) mass is 447 g/mol. The Labute approximate surface area is 190 Å². The van der Waals surface area contributed by atoms with Crippen LogP contribution in [0.5, 0.6) is 0 Å². The molecule has 3 N–H and O–H groups in total. The van der Waals surface area contributed by atoms with E-state index in [-0.39, 0.29) is 18.4 Å². The molecule has 8 nitrogen and oxygen atoms in total. The van der Waals surface area contributed by atoms with E-state index < -0.39 is 36.0 Å². The highest BCUT2D eigenvalue weighted by Gasteiger charge is 2.29. The second-order valence-corrected chi connectivity index (χ2v) is 8.74. The van der Waals surface area contributed by atoms with Crippen molar-refractivity contribution in [2.45, 2.75) is 78.6 Å². The molecule has 3 amide bonds. The summed E-state index contributed by atoms with van der Waals surface area (Å²) in [6, 6.07) is 6.97. The number of alkyl carbamates (subject to hydrolysis) is 1. The van der Waals surface area contributed by atoms with Gasteiger partial charge in [0.2, 0.25) is 11.8 Å². The number of amides is 3. The third-order valence-corrected chi connectivity index (χ3v) is 4.80. The van der Waals surface area contributed by atoms with Crippen LogP contribution in [0.2, 0.25) is 0 Å². The van der Waals surface area contributed by atoms with E-state index in [4.69, 9.17) is 4.74 Å². The molecule has 0 aliphatic carbocycles. The molecule has 3 atom stereocenters.